The van der Waals surface area contributed by atoms with Crippen molar-refractivity contribution in [3.05, 3.63) is 29.5 Å². The molecule has 0 bridgehead atoms. The summed E-state index contributed by atoms with van der Waals surface area (Å²) >= 11 is 0. The van der Waals surface area contributed by atoms with Gasteiger partial charge in [-0.05, 0) is 30.4 Å². The second-order valence-electron chi connectivity index (χ2n) is 4.24. The smallest absolute Gasteiger partial charge is 0.191 e. The summed E-state index contributed by atoms with van der Waals surface area (Å²) in [6, 6.07) is 0. The van der Waals surface area contributed by atoms with E-state index in [-0.39, 0.29) is 5.82 Å². The highest BCUT2D eigenvalue weighted by Gasteiger charge is 2.15. The fraction of sp³-hybridized carbons (Fsp3) is 0.500. The lowest BCUT2D eigenvalue weighted by molar-refractivity contribution is 0.597. The summed E-state index contributed by atoms with van der Waals surface area (Å²) in [5.74, 6) is 0.103. The molecule has 4 heteroatoms. The molecule has 2 aromatic heterocycles. The highest BCUT2D eigenvalue weighted by molar-refractivity contribution is 5.45. The summed E-state index contributed by atoms with van der Waals surface area (Å²) in [7, 11) is 0. The van der Waals surface area contributed by atoms with Crippen LogP contribution in [0.1, 0.15) is 43.7 Å². The van der Waals surface area contributed by atoms with E-state index in [0.29, 0.717) is 17.1 Å². The Morgan fingerprint density at radius 1 is 1.50 bits per heavy atom. The molecular formula is C12H16FN3. The number of aromatic nitrogens is 3. The zero-order chi connectivity index (χ0) is 11.7. The van der Waals surface area contributed by atoms with Gasteiger partial charge in [0.2, 0.25) is 0 Å². The molecule has 0 aliphatic rings. The van der Waals surface area contributed by atoms with Crippen molar-refractivity contribution in [3.8, 4) is 0 Å². The Morgan fingerprint density at radius 3 is 2.94 bits per heavy atom. The summed E-state index contributed by atoms with van der Waals surface area (Å²) in [6.45, 7) is 6.07. The van der Waals surface area contributed by atoms with Gasteiger partial charge in [-0.25, -0.2) is 13.9 Å². The first-order chi connectivity index (χ1) is 7.65. The summed E-state index contributed by atoms with van der Waals surface area (Å²) in [5.41, 5.74) is 2.03. The summed E-state index contributed by atoms with van der Waals surface area (Å²) in [5, 5.41) is 3.99. The highest BCUT2D eigenvalue weighted by Crippen LogP contribution is 2.26. The third kappa shape index (κ3) is 1.68. The third-order valence-corrected chi connectivity index (χ3v) is 3.05. The molecule has 86 valence electrons. The largest absolute Gasteiger partial charge is 0.218 e. The minimum absolute atomic E-state index is 0.252. The Labute approximate surface area is 94.3 Å². The van der Waals surface area contributed by atoms with Crippen molar-refractivity contribution in [1.82, 2.24) is 14.6 Å². The summed E-state index contributed by atoms with van der Waals surface area (Å²) in [6.07, 6.45) is 5.42. The van der Waals surface area contributed by atoms with Crippen molar-refractivity contribution in [2.75, 3.05) is 0 Å². The summed E-state index contributed by atoms with van der Waals surface area (Å²) < 4.78 is 15.5. The van der Waals surface area contributed by atoms with Crippen LogP contribution in [0.5, 0.6) is 0 Å². The van der Waals surface area contributed by atoms with Gasteiger partial charge in [-0.2, -0.15) is 5.10 Å². The Kier molecular flexibility index (Phi) is 2.90. The number of fused-ring (bicyclic) bond motifs is 1. The first kappa shape index (κ1) is 11.0. The normalized spacial score (nSPS) is 13.2. The predicted molar refractivity (Wildman–Crippen MR) is 61.0 cm³/mol. The Morgan fingerprint density at radius 2 is 2.25 bits per heavy atom. The Balaban J connectivity index is 2.56. The molecule has 0 aliphatic carbocycles. The van der Waals surface area contributed by atoms with Gasteiger partial charge in [-0.3, -0.25) is 0 Å². The fourth-order valence-electron chi connectivity index (χ4n) is 2.11. The molecule has 0 amide bonds. The van der Waals surface area contributed by atoms with Crippen molar-refractivity contribution in [1.29, 1.82) is 0 Å². The van der Waals surface area contributed by atoms with Gasteiger partial charge < -0.3 is 0 Å². The van der Waals surface area contributed by atoms with Gasteiger partial charge in [0.15, 0.2) is 11.5 Å². The third-order valence-electron chi connectivity index (χ3n) is 3.05. The molecule has 1 unspecified atom stereocenters. The number of nitrogens with zero attached hydrogens (tertiary/aromatic N) is 3. The molecule has 16 heavy (non-hydrogen) atoms. The average Bonchev–Trinajstić information content (AvgIpc) is 2.71. The van der Waals surface area contributed by atoms with Crippen molar-refractivity contribution >= 4 is 5.65 Å². The molecule has 0 radical (unpaired) electrons. The fourth-order valence-corrected chi connectivity index (χ4v) is 2.11. The molecule has 0 saturated heterocycles. The number of halogens is 1. The SMILES string of the molecule is CCCC(C)c1cn2ncnc2c(F)c1C. The van der Waals surface area contributed by atoms with Gasteiger partial charge in [-0.15, -0.1) is 0 Å². The van der Waals surface area contributed by atoms with Gasteiger partial charge in [-0.1, -0.05) is 20.3 Å². The van der Waals surface area contributed by atoms with E-state index in [0.717, 1.165) is 18.4 Å². The van der Waals surface area contributed by atoms with E-state index in [1.165, 1.54) is 10.8 Å². The van der Waals surface area contributed by atoms with E-state index in [2.05, 4.69) is 23.9 Å². The van der Waals surface area contributed by atoms with Crippen LogP contribution in [0.25, 0.3) is 5.65 Å². The van der Waals surface area contributed by atoms with Crippen molar-refractivity contribution in [2.45, 2.75) is 39.5 Å². The molecule has 2 rings (SSSR count). The van der Waals surface area contributed by atoms with Crippen LogP contribution in [-0.2, 0) is 0 Å². The molecule has 0 N–H and O–H groups in total. The van der Waals surface area contributed by atoms with Gasteiger partial charge in [0.1, 0.15) is 6.33 Å². The van der Waals surface area contributed by atoms with Gasteiger partial charge in [0.25, 0.3) is 0 Å². The molecule has 2 aromatic rings. The van der Waals surface area contributed by atoms with Crippen LogP contribution >= 0.6 is 0 Å². The molecule has 2 heterocycles. The zero-order valence-corrected chi connectivity index (χ0v) is 9.87. The lowest BCUT2D eigenvalue weighted by Crippen LogP contribution is -2.04. The van der Waals surface area contributed by atoms with Crippen molar-refractivity contribution in [3.63, 3.8) is 0 Å². The zero-order valence-electron chi connectivity index (χ0n) is 9.87. The molecule has 0 fully saturated rings. The maximum absolute atomic E-state index is 14.0. The quantitative estimate of drug-likeness (QED) is 0.797. The molecule has 0 spiro atoms. The minimum atomic E-state index is -0.252. The monoisotopic (exact) mass is 221 g/mol. The van der Waals surface area contributed by atoms with Crippen LogP contribution in [-0.4, -0.2) is 14.6 Å². The number of rotatable bonds is 3. The molecule has 1 atom stereocenters. The van der Waals surface area contributed by atoms with Crippen LogP contribution in [0, 0.1) is 12.7 Å². The van der Waals surface area contributed by atoms with Gasteiger partial charge in [0, 0.05) is 6.20 Å². The minimum Gasteiger partial charge on any atom is -0.218 e. The van der Waals surface area contributed by atoms with E-state index in [9.17, 15) is 4.39 Å². The Bertz CT molecular complexity index is 504. The van der Waals surface area contributed by atoms with Crippen LogP contribution in [0.4, 0.5) is 4.39 Å². The van der Waals surface area contributed by atoms with Crippen molar-refractivity contribution in [2.24, 2.45) is 0 Å². The van der Waals surface area contributed by atoms with E-state index in [1.54, 1.807) is 0 Å². The average molecular weight is 221 g/mol. The first-order valence-corrected chi connectivity index (χ1v) is 5.63. The second kappa shape index (κ2) is 4.20. The molecule has 0 aliphatic heterocycles. The summed E-state index contributed by atoms with van der Waals surface area (Å²) in [4.78, 5) is 3.90. The predicted octanol–water partition coefficient (Wildman–Crippen LogP) is 3.08. The molecule has 3 nitrogen and oxygen atoms in total. The van der Waals surface area contributed by atoms with E-state index >= 15 is 0 Å². The Hall–Kier alpha value is -1.45. The van der Waals surface area contributed by atoms with E-state index < -0.39 is 0 Å². The second-order valence-corrected chi connectivity index (χ2v) is 4.24. The van der Waals surface area contributed by atoms with Crippen molar-refractivity contribution < 1.29 is 4.39 Å². The standard InChI is InChI=1S/C12H16FN3/c1-4-5-8(2)10-6-16-12(14-7-15-16)11(13)9(10)3/h6-8H,4-5H2,1-3H3. The maximum Gasteiger partial charge on any atom is 0.191 e. The number of hydrogen-bond donors (Lipinski definition) is 0. The number of pyridine rings is 1. The van der Waals surface area contributed by atoms with E-state index in [4.69, 9.17) is 0 Å². The number of hydrogen-bond acceptors (Lipinski definition) is 2. The van der Waals surface area contributed by atoms with Gasteiger partial charge >= 0.3 is 0 Å². The lowest BCUT2D eigenvalue weighted by Gasteiger charge is -2.14. The highest BCUT2D eigenvalue weighted by atomic mass is 19.1. The van der Waals surface area contributed by atoms with E-state index in [1.807, 2.05) is 13.1 Å². The molecule has 0 aromatic carbocycles. The first-order valence-electron chi connectivity index (χ1n) is 5.63. The van der Waals surface area contributed by atoms with Crippen LogP contribution in [0.15, 0.2) is 12.5 Å². The van der Waals surface area contributed by atoms with Crippen LogP contribution < -0.4 is 0 Å². The van der Waals surface area contributed by atoms with Crippen LogP contribution in [0.3, 0.4) is 0 Å². The molecule has 0 saturated carbocycles. The topological polar surface area (TPSA) is 30.2 Å². The molecular weight excluding hydrogens is 205 g/mol. The van der Waals surface area contributed by atoms with Gasteiger partial charge in [0.05, 0.1) is 0 Å². The van der Waals surface area contributed by atoms with Crippen LogP contribution in [0.2, 0.25) is 0 Å². The maximum atomic E-state index is 14.0. The lowest BCUT2D eigenvalue weighted by atomic mass is 9.94.